The molecule has 0 spiro atoms. The van der Waals surface area contributed by atoms with Crippen molar-refractivity contribution in [1.82, 2.24) is 5.32 Å². The summed E-state index contributed by atoms with van der Waals surface area (Å²) in [6.45, 7) is 3.84. The Balaban J connectivity index is 1.47. The van der Waals surface area contributed by atoms with Crippen LogP contribution in [0, 0.1) is 13.8 Å². The van der Waals surface area contributed by atoms with E-state index in [0.29, 0.717) is 27.7 Å². The average Bonchev–Trinajstić information content (AvgIpc) is 2.76. The standard InChI is InChI=1S/C24H22ClN3O3S/c1-15-6-11-21(12-16(15)2)31-14-22(29)28-24(32)27-20-9-7-19(8-10-20)26-23(30)17-4-3-5-18(25)13-17/h3-13H,14H2,1-2H3,(H,26,30)(H2,27,28,29,32). The predicted octanol–water partition coefficient (Wildman–Crippen LogP) is 5.10. The van der Waals surface area contributed by atoms with Crippen molar-refractivity contribution >= 4 is 52.1 Å². The first-order valence-electron chi connectivity index (χ1n) is 9.78. The minimum atomic E-state index is -0.369. The lowest BCUT2D eigenvalue weighted by Crippen LogP contribution is -2.37. The fourth-order valence-corrected chi connectivity index (χ4v) is 3.17. The summed E-state index contributed by atoms with van der Waals surface area (Å²) < 4.78 is 5.50. The van der Waals surface area contributed by atoms with Crippen molar-refractivity contribution in [2.24, 2.45) is 0 Å². The van der Waals surface area contributed by atoms with Crippen LogP contribution in [0.15, 0.2) is 66.7 Å². The quantitative estimate of drug-likeness (QED) is 0.439. The Labute approximate surface area is 196 Å². The van der Waals surface area contributed by atoms with Gasteiger partial charge in [-0.15, -0.1) is 0 Å². The number of benzene rings is 3. The molecule has 0 bridgehead atoms. The molecule has 0 saturated heterocycles. The number of nitrogens with one attached hydrogen (secondary N) is 3. The van der Waals surface area contributed by atoms with E-state index in [1.165, 1.54) is 0 Å². The maximum atomic E-state index is 12.3. The average molecular weight is 468 g/mol. The van der Waals surface area contributed by atoms with Gasteiger partial charge in [-0.3, -0.25) is 14.9 Å². The van der Waals surface area contributed by atoms with Crippen LogP contribution >= 0.6 is 23.8 Å². The van der Waals surface area contributed by atoms with Crippen LogP contribution in [-0.2, 0) is 4.79 Å². The first-order valence-corrected chi connectivity index (χ1v) is 10.6. The Morgan fingerprint density at radius 2 is 1.59 bits per heavy atom. The second-order valence-electron chi connectivity index (χ2n) is 7.08. The van der Waals surface area contributed by atoms with Gasteiger partial charge in [-0.05, 0) is 91.8 Å². The van der Waals surface area contributed by atoms with Crippen molar-refractivity contribution in [2.45, 2.75) is 13.8 Å². The molecule has 8 heteroatoms. The number of rotatable bonds is 6. The van der Waals surface area contributed by atoms with E-state index in [0.717, 1.165) is 11.1 Å². The third-order valence-corrected chi connectivity index (χ3v) is 5.03. The molecule has 0 atom stereocenters. The Bertz CT molecular complexity index is 1150. The van der Waals surface area contributed by atoms with Crippen LogP contribution in [0.2, 0.25) is 5.02 Å². The zero-order valence-electron chi connectivity index (χ0n) is 17.6. The van der Waals surface area contributed by atoms with E-state index in [2.05, 4.69) is 16.0 Å². The Morgan fingerprint density at radius 3 is 2.25 bits per heavy atom. The van der Waals surface area contributed by atoms with Gasteiger partial charge in [0.05, 0.1) is 0 Å². The van der Waals surface area contributed by atoms with Crippen molar-refractivity contribution in [3.8, 4) is 5.75 Å². The minimum absolute atomic E-state index is 0.148. The molecule has 3 aromatic carbocycles. The predicted molar refractivity (Wildman–Crippen MR) is 132 cm³/mol. The molecule has 0 fully saturated rings. The summed E-state index contributed by atoms with van der Waals surface area (Å²) in [5, 5.41) is 8.93. The molecule has 0 unspecified atom stereocenters. The summed E-state index contributed by atoms with van der Waals surface area (Å²) in [5.41, 5.74) is 3.98. The van der Waals surface area contributed by atoms with E-state index in [-0.39, 0.29) is 23.5 Å². The van der Waals surface area contributed by atoms with Crippen LogP contribution in [0.3, 0.4) is 0 Å². The van der Waals surface area contributed by atoms with Gasteiger partial charge in [0.1, 0.15) is 5.75 Å². The maximum absolute atomic E-state index is 12.3. The topological polar surface area (TPSA) is 79.5 Å². The van der Waals surface area contributed by atoms with Crippen molar-refractivity contribution in [3.63, 3.8) is 0 Å². The molecule has 3 N–H and O–H groups in total. The highest BCUT2D eigenvalue weighted by Gasteiger charge is 2.09. The Morgan fingerprint density at radius 1 is 0.906 bits per heavy atom. The van der Waals surface area contributed by atoms with E-state index in [1.54, 1.807) is 48.5 Å². The minimum Gasteiger partial charge on any atom is -0.484 e. The highest BCUT2D eigenvalue weighted by atomic mass is 35.5. The van der Waals surface area contributed by atoms with Crippen LogP contribution in [-0.4, -0.2) is 23.5 Å². The molecule has 0 aliphatic rings. The summed E-state index contributed by atoms with van der Waals surface area (Å²) in [7, 11) is 0. The lowest BCUT2D eigenvalue weighted by atomic mass is 10.1. The lowest BCUT2D eigenvalue weighted by Gasteiger charge is -2.12. The van der Waals surface area contributed by atoms with E-state index in [4.69, 9.17) is 28.6 Å². The van der Waals surface area contributed by atoms with Gasteiger partial charge < -0.3 is 15.4 Å². The Hall–Kier alpha value is -3.42. The molecule has 0 heterocycles. The van der Waals surface area contributed by atoms with Crippen molar-refractivity contribution in [2.75, 3.05) is 17.2 Å². The number of ether oxygens (including phenoxy) is 1. The fourth-order valence-electron chi connectivity index (χ4n) is 2.75. The number of amides is 2. The second-order valence-corrected chi connectivity index (χ2v) is 7.92. The van der Waals surface area contributed by atoms with Crippen LogP contribution in [0.5, 0.6) is 5.75 Å². The normalized spacial score (nSPS) is 10.2. The molecule has 164 valence electrons. The molecule has 0 aliphatic heterocycles. The van der Waals surface area contributed by atoms with Gasteiger partial charge in [0.15, 0.2) is 11.7 Å². The highest BCUT2D eigenvalue weighted by molar-refractivity contribution is 7.80. The summed E-state index contributed by atoms with van der Waals surface area (Å²) in [6.07, 6.45) is 0. The van der Waals surface area contributed by atoms with Gasteiger partial charge in [-0.2, -0.15) is 0 Å². The molecule has 0 saturated carbocycles. The maximum Gasteiger partial charge on any atom is 0.264 e. The Kier molecular flexibility index (Phi) is 7.81. The van der Waals surface area contributed by atoms with Crippen molar-refractivity contribution < 1.29 is 14.3 Å². The van der Waals surface area contributed by atoms with Crippen LogP contribution in [0.1, 0.15) is 21.5 Å². The lowest BCUT2D eigenvalue weighted by molar-refractivity contribution is -0.121. The van der Waals surface area contributed by atoms with Gasteiger partial charge in [0.2, 0.25) is 0 Å². The summed E-state index contributed by atoms with van der Waals surface area (Å²) in [4.78, 5) is 24.4. The van der Waals surface area contributed by atoms with Crippen molar-refractivity contribution in [3.05, 3.63) is 88.4 Å². The summed E-state index contributed by atoms with van der Waals surface area (Å²) in [6, 6.07) is 19.2. The SMILES string of the molecule is Cc1ccc(OCC(=O)NC(=S)Nc2ccc(NC(=O)c3cccc(Cl)c3)cc2)cc1C. The van der Waals surface area contributed by atoms with Gasteiger partial charge in [-0.1, -0.05) is 23.7 Å². The zero-order valence-corrected chi connectivity index (χ0v) is 19.1. The van der Waals surface area contributed by atoms with Crippen LogP contribution < -0.4 is 20.7 Å². The van der Waals surface area contributed by atoms with E-state index >= 15 is 0 Å². The molecule has 32 heavy (non-hydrogen) atoms. The molecule has 2 amide bonds. The number of carbonyl (C=O) groups is 2. The highest BCUT2D eigenvalue weighted by Crippen LogP contribution is 2.17. The van der Waals surface area contributed by atoms with Gasteiger partial charge >= 0.3 is 0 Å². The zero-order chi connectivity index (χ0) is 23.1. The molecule has 0 radical (unpaired) electrons. The number of hydrogen-bond acceptors (Lipinski definition) is 4. The number of thiocarbonyl (C=S) groups is 1. The van der Waals surface area contributed by atoms with Gasteiger partial charge in [0, 0.05) is 22.0 Å². The molecule has 6 nitrogen and oxygen atoms in total. The monoisotopic (exact) mass is 467 g/mol. The smallest absolute Gasteiger partial charge is 0.264 e. The second kappa shape index (κ2) is 10.7. The fraction of sp³-hybridized carbons (Fsp3) is 0.125. The van der Waals surface area contributed by atoms with Gasteiger partial charge in [-0.25, -0.2) is 0 Å². The van der Waals surface area contributed by atoms with E-state index < -0.39 is 0 Å². The summed E-state index contributed by atoms with van der Waals surface area (Å²) in [5.74, 6) is -0.0107. The van der Waals surface area contributed by atoms with Gasteiger partial charge in [0.25, 0.3) is 11.8 Å². The molecule has 0 aliphatic carbocycles. The first-order chi connectivity index (χ1) is 15.3. The third-order valence-electron chi connectivity index (χ3n) is 4.59. The van der Waals surface area contributed by atoms with Crippen LogP contribution in [0.4, 0.5) is 11.4 Å². The van der Waals surface area contributed by atoms with Crippen LogP contribution in [0.25, 0.3) is 0 Å². The molecule has 0 aromatic heterocycles. The van der Waals surface area contributed by atoms with E-state index in [1.807, 2.05) is 32.0 Å². The number of halogens is 1. The molecular weight excluding hydrogens is 446 g/mol. The number of aryl methyl sites for hydroxylation is 2. The number of hydrogen-bond donors (Lipinski definition) is 3. The van der Waals surface area contributed by atoms with Crippen molar-refractivity contribution in [1.29, 1.82) is 0 Å². The molecule has 3 rings (SSSR count). The molecular formula is C24H22ClN3O3S. The largest absolute Gasteiger partial charge is 0.484 e. The first kappa shape index (κ1) is 23.2. The molecule has 3 aromatic rings. The number of carbonyl (C=O) groups excluding carboxylic acids is 2. The van der Waals surface area contributed by atoms with E-state index in [9.17, 15) is 9.59 Å². The summed E-state index contributed by atoms with van der Waals surface area (Å²) >= 11 is 11.1. The third kappa shape index (κ3) is 6.80. The number of anilines is 2.